The van der Waals surface area contributed by atoms with Gasteiger partial charge in [0.2, 0.25) is 0 Å². The predicted octanol–water partition coefficient (Wildman–Crippen LogP) is 1.91. The molecule has 3 N–H and O–H groups in total. The summed E-state index contributed by atoms with van der Waals surface area (Å²) in [5.74, 6) is 1.50. The zero-order chi connectivity index (χ0) is 16.1. The molecule has 0 radical (unpaired) electrons. The number of aromatic amines is 1. The molecule has 0 spiro atoms. The Bertz CT molecular complexity index is 851. The van der Waals surface area contributed by atoms with Crippen LogP contribution in [0.1, 0.15) is 5.76 Å². The van der Waals surface area contributed by atoms with Crippen LogP contribution in [-0.2, 0) is 13.1 Å². The van der Waals surface area contributed by atoms with Gasteiger partial charge in [-0.2, -0.15) is 0 Å². The second-order valence-electron chi connectivity index (χ2n) is 5.03. The molecule has 0 atom stereocenters. The first-order chi connectivity index (χ1) is 11.3. The molecule has 24 heavy (non-hydrogen) atoms. The van der Waals surface area contributed by atoms with E-state index in [0.717, 1.165) is 16.8 Å². The van der Waals surface area contributed by atoms with E-state index in [1.54, 1.807) is 17.9 Å². The molecule has 0 aliphatic heterocycles. The minimum atomic E-state index is -0.105. The van der Waals surface area contributed by atoms with Crippen molar-refractivity contribution < 1.29 is 4.42 Å². The number of hydrogen-bond donors (Lipinski definition) is 3. The first-order valence-corrected chi connectivity index (χ1v) is 7.42. The Labute approximate surface area is 156 Å². The number of H-pyrrole nitrogens is 1. The molecular formula is C16H20IN5O2. The van der Waals surface area contributed by atoms with Crippen molar-refractivity contribution in [3.8, 4) is 0 Å². The SMILES string of the molecule is CN=C(NCCn1c(=O)[nH]c2ccccc21)NCc1ccco1.I. The molecule has 8 heteroatoms. The molecule has 128 valence electrons. The summed E-state index contributed by atoms with van der Waals surface area (Å²) in [6.07, 6.45) is 1.64. The fourth-order valence-corrected chi connectivity index (χ4v) is 2.42. The molecule has 3 rings (SSSR count). The maximum atomic E-state index is 12.0. The number of fused-ring (bicyclic) bond motifs is 1. The van der Waals surface area contributed by atoms with Gasteiger partial charge in [-0.1, -0.05) is 12.1 Å². The van der Waals surface area contributed by atoms with Crippen LogP contribution in [0.2, 0.25) is 0 Å². The molecule has 0 saturated heterocycles. The lowest BCUT2D eigenvalue weighted by atomic mass is 10.3. The Hall–Kier alpha value is -2.23. The number of imidazole rings is 1. The standard InChI is InChI=1S/C16H19N5O2.HI/c1-17-15(19-11-12-5-4-10-23-12)18-8-9-21-14-7-3-2-6-13(14)20-16(21)22;/h2-7,10H,8-9,11H2,1H3,(H,20,22)(H2,17,18,19);1H. The van der Waals surface area contributed by atoms with Crippen molar-refractivity contribution in [3.05, 3.63) is 58.9 Å². The van der Waals surface area contributed by atoms with Crippen LogP contribution in [0.25, 0.3) is 11.0 Å². The molecule has 7 nitrogen and oxygen atoms in total. The van der Waals surface area contributed by atoms with E-state index in [4.69, 9.17) is 4.42 Å². The lowest BCUT2D eigenvalue weighted by Crippen LogP contribution is -2.39. The van der Waals surface area contributed by atoms with Gasteiger partial charge in [0.15, 0.2) is 5.96 Å². The van der Waals surface area contributed by atoms with Crippen LogP contribution in [0.3, 0.4) is 0 Å². The Morgan fingerprint density at radius 3 is 2.83 bits per heavy atom. The smallest absolute Gasteiger partial charge is 0.326 e. The van der Waals surface area contributed by atoms with Gasteiger partial charge in [-0.25, -0.2) is 4.79 Å². The van der Waals surface area contributed by atoms with Crippen molar-refractivity contribution in [2.75, 3.05) is 13.6 Å². The largest absolute Gasteiger partial charge is 0.467 e. The van der Waals surface area contributed by atoms with Crippen molar-refractivity contribution in [2.45, 2.75) is 13.1 Å². The fraction of sp³-hybridized carbons (Fsp3) is 0.250. The number of benzene rings is 1. The van der Waals surface area contributed by atoms with Gasteiger partial charge in [0.1, 0.15) is 5.76 Å². The van der Waals surface area contributed by atoms with E-state index in [9.17, 15) is 4.79 Å². The highest BCUT2D eigenvalue weighted by atomic mass is 127. The van der Waals surface area contributed by atoms with Gasteiger partial charge in [-0.05, 0) is 24.3 Å². The molecule has 0 unspecified atom stereocenters. The summed E-state index contributed by atoms with van der Waals surface area (Å²) in [7, 11) is 1.70. The van der Waals surface area contributed by atoms with Gasteiger partial charge in [-0.3, -0.25) is 9.56 Å². The maximum Gasteiger partial charge on any atom is 0.326 e. The Morgan fingerprint density at radius 1 is 1.25 bits per heavy atom. The summed E-state index contributed by atoms with van der Waals surface area (Å²) < 4.78 is 6.97. The number of rotatable bonds is 5. The van der Waals surface area contributed by atoms with Crippen LogP contribution in [0.5, 0.6) is 0 Å². The number of guanidine groups is 1. The zero-order valence-electron chi connectivity index (χ0n) is 13.3. The van der Waals surface area contributed by atoms with Crippen LogP contribution in [0, 0.1) is 0 Å². The van der Waals surface area contributed by atoms with E-state index in [0.29, 0.717) is 25.6 Å². The summed E-state index contributed by atoms with van der Waals surface area (Å²) >= 11 is 0. The highest BCUT2D eigenvalue weighted by Crippen LogP contribution is 2.08. The number of hydrogen-bond acceptors (Lipinski definition) is 3. The Kier molecular flexibility index (Phi) is 6.47. The van der Waals surface area contributed by atoms with Crippen molar-refractivity contribution >= 4 is 41.0 Å². The number of aliphatic imine (C=N–C) groups is 1. The average molecular weight is 441 g/mol. The lowest BCUT2D eigenvalue weighted by Gasteiger charge is -2.11. The van der Waals surface area contributed by atoms with Crippen LogP contribution in [0.4, 0.5) is 0 Å². The number of furan rings is 1. The molecule has 0 saturated carbocycles. The summed E-state index contributed by atoms with van der Waals surface area (Å²) in [6.45, 7) is 1.68. The highest BCUT2D eigenvalue weighted by Gasteiger charge is 2.06. The maximum absolute atomic E-state index is 12.0. The zero-order valence-corrected chi connectivity index (χ0v) is 15.6. The van der Waals surface area contributed by atoms with E-state index in [2.05, 4.69) is 20.6 Å². The summed E-state index contributed by atoms with van der Waals surface area (Å²) in [5.41, 5.74) is 1.64. The molecule has 2 heterocycles. The molecule has 0 amide bonds. The van der Waals surface area contributed by atoms with Gasteiger partial charge in [0, 0.05) is 20.1 Å². The van der Waals surface area contributed by atoms with E-state index < -0.39 is 0 Å². The number of para-hydroxylation sites is 2. The third-order valence-corrected chi connectivity index (χ3v) is 3.54. The number of halogens is 1. The van der Waals surface area contributed by atoms with E-state index in [1.165, 1.54) is 0 Å². The van der Waals surface area contributed by atoms with Gasteiger partial charge in [0.25, 0.3) is 0 Å². The lowest BCUT2D eigenvalue weighted by molar-refractivity contribution is 0.501. The molecule has 0 aliphatic rings. The van der Waals surface area contributed by atoms with Crippen molar-refractivity contribution in [1.82, 2.24) is 20.2 Å². The van der Waals surface area contributed by atoms with Crippen molar-refractivity contribution in [2.24, 2.45) is 4.99 Å². The van der Waals surface area contributed by atoms with Crippen LogP contribution in [0.15, 0.2) is 56.9 Å². The first kappa shape index (κ1) is 18.1. The minimum absolute atomic E-state index is 0. The molecule has 0 fully saturated rings. The summed E-state index contributed by atoms with van der Waals surface area (Å²) in [5, 5.41) is 6.34. The number of nitrogens with one attached hydrogen (secondary N) is 3. The number of nitrogens with zero attached hydrogens (tertiary/aromatic N) is 2. The van der Waals surface area contributed by atoms with E-state index in [-0.39, 0.29) is 29.7 Å². The fourth-order valence-electron chi connectivity index (χ4n) is 2.42. The average Bonchev–Trinajstić information content (AvgIpc) is 3.18. The Morgan fingerprint density at radius 2 is 2.08 bits per heavy atom. The third-order valence-electron chi connectivity index (χ3n) is 3.54. The van der Waals surface area contributed by atoms with E-state index >= 15 is 0 Å². The highest BCUT2D eigenvalue weighted by molar-refractivity contribution is 14.0. The molecule has 3 aromatic rings. The normalized spacial score (nSPS) is 11.3. The number of aromatic nitrogens is 2. The Balaban J connectivity index is 0.00000208. The van der Waals surface area contributed by atoms with E-state index in [1.807, 2.05) is 36.4 Å². The second kappa shape index (κ2) is 8.57. The van der Waals surface area contributed by atoms with Crippen LogP contribution in [-0.4, -0.2) is 29.1 Å². The van der Waals surface area contributed by atoms with Crippen LogP contribution < -0.4 is 16.3 Å². The molecule has 0 bridgehead atoms. The van der Waals surface area contributed by atoms with Crippen molar-refractivity contribution in [3.63, 3.8) is 0 Å². The predicted molar refractivity (Wildman–Crippen MR) is 105 cm³/mol. The molecule has 2 aromatic heterocycles. The molecule has 0 aliphatic carbocycles. The quantitative estimate of drug-likeness (QED) is 0.321. The summed E-state index contributed by atoms with van der Waals surface area (Å²) in [6, 6.07) is 11.4. The monoisotopic (exact) mass is 441 g/mol. The third kappa shape index (κ3) is 4.19. The van der Waals surface area contributed by atoms with Crippen molar-refractivity contribution in [1.29, 1.82) is 0 Å². The molecular weight excluding hydrogens is 421 g/mol. The topological polar surface area (TPSA) is 87.3 Å². The van der Waals surface area contributed by atoms with Gasteiger partial charge >= 0.3 is 5.69 Å². The summed E-state index contributed by atoms with van der Waals surface area (Å²) in [4.78, 5) is 19.0. The first-order valence-electron chi connectivity index (χ1n) is 7.42. The minimum Gasteiger partial charge on any atom is -0.467 e. The van der Waals surface area contributed by atoms with Gasteiger partial charge in [0.05, 0.1) is 23.8 Å². The second-order valence-corrected chi connectivity index (χ2v) is 5.03. The van der Waals surface area contributed by atoms with Crippen LogP contribution >= 0.6 is 24.0 Å². The van der Waals surface area contributed by atoms with Gasteiger partial charge in [-0.15, -0.1) is 24.0 Å². The van der Waals surface area contributed by atoms with Gasteiger partial charge < -0.3 is 20.0 Å². The molecule has 1 aromatic carbocycles.